The molecule has 1 heterocycles. The first-order valence-electron chi connectivity index (χ1n) is 9.75. The highest BCUT2D eigenvalue weighted by Gasteiger charge is 2.31. The van der Waals surface area contributed by atoms with Crippen molar-refractivity contribution in [1.82, 2.24) is 9.62 Å². The maximum Gasteiger partial charge on any atom is 0.224 e. The normalized spacial score (nSPS) is 22.5. The first-order valence-corrected chi connectivity index (χ1v) is 11.6. The molecular formula is C20H30N2O3S. The lowest BCUT2D eigenvalue weighted by atomic mass is 9.88. The van der Waals surface area contributed by atoms with Crippen molar-refractivity contribution < 1.29 is 13.2 Å². The van der Waals surface area contributed by atoms with E-state index in [1.54, 1.807) is 0 Å². The lowest BCUT2D eigenvalue weighted by Crippen LogP contribution is -2.45. The van der Waals surface area contributed by atoms with E-state index in [9.17, 15) is 13.2 Å². The Morgan fingerprint density at radius 1 is 1.23 bits per heavy atom. The standard InChI is InChI=1S/C20H30N2O3S/c1-3-19(17-11-10-15-7-4-5-8-16(15)13-17)21-20(23)18-9-6-12-22(14-18)26(2,24)25/h10-11,13,18-19H,3-9,12,14H2,1-2H3,(H,21,23)/t18-,19+/m1/s1. The molecule has 0 bridgehead atoms. The molecule has 0 aromatic heterocycles. The van der Waals surface area contributed by atoms with Crippen molar-refractivity contribution in [2.45, 2.75) is 57.9 Å². The Bertz CT molecular complexity index is 760. The Kier molecular flexibility index (Phi) is 6.03. The van der Waals surface area contributed by atoms with Crippen molar-refractivity contribution in [1.29, 1.82) is 0 Å². The molecule has 5 nitrogen and oxygen atoms in total. The zero-order valence-corrected chi connectivity index (χ0v) is 16.6. The number of piperidine rings is 1. The molecule has 1 fully saturated rings. The van der Waals surface area contributed by atoms with Gasteiger partial charge in [-0.1, -0.05) is 25.1 Å². The number of fused-ring (bicyclic) bond motifs is 1. The van der Waals surface area contributed by atoms with Gasteiger partial charge in [-0.15, -0.1) is 0 Å². The van der Waals surface area contributed by atoms with Crippen LogP contribution in [0.1, 0.15) is 61.8 Å². The van der Waals surface area contributed by atoms with Crippen molar-refractivity contribution in [2.75, 3.05) is 19.3 Å². The van der Waals surface area contributed by atoms with Crippen molar-refractivity contribution in [3.63, 3.8) is 0 Å². The Morgan fingerprint density at radius 2 is 1.96 bits per heavy atom. The average molecular weight is 379 g/mol. The summed E-state index contributed by atoms with van der Waals surface area (Å²) in [6.45, 7) is 2.89. The van der Waals surface area contributed by atoms with Crippen LogP contribution >= 0.6 is 0 Å². The highest BCUT2D eigenvalue weighted by molar-refractivity contribution is 7.88. The van der Waals surface area contributed by atoms with E-state index in [-0.39, 0.29) is 17.9 Å². The second-order valence-corrected chi connectivity index (χ2v) is 9.65. The summed E-state index contributed by atoms with van der Waals surface area (Å²) in [5, 5.41) is 3.17. The Labute approximate surface area is 157 Å². The van der Waals surface area contributed by atoms with Crippen LogP contribution in [-0.2, 0) is 27.7 Å². The van der Waals surface area contributed by atoms with Crippen LogP contribution in [0.2, 0.25) is 0 Å². The van der Waals surface area contributed by atoms with Crippen LogP contribution in [0.5, 0.6) is 0 Å². The molecule has 144 valence electrons. The fourth-order valence-electron chi connectivity index (χ4n) is 4.14. The van der Waals surface area contributed by atoms with Gasteiger partial charge in [-0.2, -0.15) is 0 Å². The number of carbonyl (C=O) groups is 1. The molecule has 1 amide bonds. The first kappa shape index (κ1) is 19.4. The molecule has 1 aliphatic heterocycles. The SMILES string of the molecule is CC[C@H](NC(=O)[C@@H]1CCCN(S(C)(=O)=O)C1)c1ccc2c(c1)CCCC2. The molecule has 0 saturated carbocycles. The lowest BCUT2D eigenvalue weighted by molar-refractivity contribution is -0.126. The number of hydrogen-bond acceptors (Lipinski definition) is 3. The van der Waals surface area contributed by atoms with E-state index in [1.165, 1.54) is 34.5 Å². The van der Waals surface area contributed by atoms with Crippen LogP contribution in [0.3, 0.4) is 0 Å². The van der Waals surface area contributed by atoms with E-state index in [4.69, 9.17) is 0 Å². The fraction of sp³-hybridized carbons (Fsp3) is 0.650. The zero-order chi connectivity index (χ0) is 18.7. The molecule has 1 aliphatic carbocycles. The second-order valence-electron chi connectivity index (χ2n) is 7.66. The van der Waals surface area contributed by atoms with Gasteiger partial charge in [0.15, 0.2) is 0 Å². The number of hydrogen-bond donors (Lipinski definition) is 1. The van der Waals surface area contributed by atoms with Crippen molar-refractivity contribution >= 4 is 15.9 Å². The third kappa shape index (κ3) is 4.46. The molecule has 3 rings (SSSR count). The predicted molar refractivity (Wildman–Crippen MR) is 103 cm³/mol. The molecular weight excluding hydrogens is 348 g/mol. The monoisotopic (exact) mass is 378 g/mol. The molecule has 26 heavy (non-hydrogen) atoms. The molecule has 0 spiro atoms. The quantitative estimate of drug-likeness (QED) is 0.857. The third-order valence-electron chi connectivity index (χ3n) is 5.72. The largest absolute Gasteiger partial charge is 0.349 e. The molecule has 2 atom stereocenters. The van der Waals surface area contributed by atoms with E-state index < -0.39 is 10.0 Å². The van der Waals surface area contributed by atoms with Gasteiger partial charge in [0.25, 0.3) is 0 Å². The van der Waals surface area contributed by atoms with Crippen molar-refractivity contribution in [2.24, 2.45) is 5.92 Å². The number of carbonyl (C=O) groups excluding carboxylic acids is 1. The minimum Gasteiger partial charge on any atom is -0.349 e. The summed E-state index contributed by atoms with van der Waals surface area (Å²) in [5.41, 5.74) is 4.02. The van der Waals surface area contributed by atoms with Gasteiger partial charge in [0.05, 0.1) is 18.2 Å². The maximum atomic E-state index is 12.8. The molecule has 1 aromatic rings. The molecule has 1 saturated heterocycles. The highest BCUT2D eigenvalue weighted by Crippen LogP contribution is 2.27. The Balaban J connectivity index is 1.68. The number of rotatable bonds is 5. The topological polar surface area (TPSA) is 66.5 Å². The van der Waals surface area contributed by atoms with Gasteiger partial charge in [-0.3, -0.25) is 4.79 Å². The number of benzene rings is 1. The summed E-state index contributed by atoms with van der Waals surface area (Å²) < 4.78 is 25.0. The minimum absolute atomic E-state index is 0.0108. The van der Waals surface area contributed by atoms with Gasteiger partial charge in [0.2, 0.25) is 15.9 Å². The molecule has 1 aromatic carbocycles. The molecule has 2 aliphatic rings. The molecule has 6 heteroatoms. The average Bonchev–Trinajstić information content (AvgIpc) is 2.65. The van der Waals surface area contributed by atoms with Crippen LogP contribution in [0.15, 0.2) is 18.2 Å². The van der Waals surface area contributed by atoms with E-state index in [1.807, 2.05) is 0 Å². The minimum atomic E-state index is -3.24. The summed E-state index contributed by atoms with van der Waals surface area (Å²) in [7, 11) is -3.24. The lowest BCUT2D eigenvalue weighted by Gasteiger charge is -2.31. The zero-order valence-electron chi connectivity index (χ0n) is 15.8. The van der Waals surface area contributed by atoms with E-state index in [0.29, 0.717) is 13.1 Å². The van der Waals surface area contributed by atoms with Crippen LogP contribution in [-0.4, -0.2) is 38.0 Å². The summed E-state index contributed by atoms with van der Waals surface area (Å²) in [5.74, 6) is -0.284. The van der Waals surface area contributed by atoms with E-state index >= 15 is 0 Å². The predicted octanol–water partition coefficient (Wildman–Crippen LogP) is 2.80. The molecule has 0 radical (unpaired) electrons. The van der Waals surface area contributed by atoms with Gasteiger partial charge in [-0.05, 0) is 61.6 Å². The van der Waals surface area contributed by atoms with Crippen molar-refractivity contribution in [3.8, 4) is 0 Å². The van der Waals surface area contributed by atoms with Gasteiger partial charge in [-0.25, -0.2) is 12.7 Å². The van der Waals surface area contributed by atoms with Crippen LogP contribution in [0.25, 0.3) is 0 Å². The number of aryl methyl sites for hydroxylation is 2. The number of nitrogens with one attached hydrogen (secondary N) is 1. The Hall–Kier alpha value is -1.40. The van der Waals surface area contributed by atoms with Crippen molar-refractivity contribution in [3.05, 3.63) is 34.9 Å². The third-order valence-corrected chi connectivity index (χ3v) is 6.99. The second kappa shape index (κ2) is 8.09. The smallest absolute Gasteiger partial charge is 0.224 e. The van der Waals surface area contributed by atoms with Gasteiger partial charge < -0.3 is 5.32 Å². The van der Waals surface area contributed by atoms with Crippen LogP contribution in [0, 0.1) is 5.92 Å². The molecule has 1 N–H and O–H groups in total. The summed E-state index contributed by atoms with van der Waals surface area (Å²) in [6.07, 6.45) is 8.31. The fourth-order valence-corrected chi connectivity index (χ4v) is 5.05. The van der Waals surface area contributed by atoms with Gasteiger partial charge in [0, 0.05) is 13.1 Å². The molecule has 0 unspecified atom stereocenters. The maximum absolute atomic E-state index is 12.8. The van der Waals surface area contributed by atoms with E-state index in [2.05, 4.69) is 30.4 Å². The number of amides is 1. The van der Waals surface area contributed by atoms with Crippen LogP contribution in [0.4, 0.5) is 0 Å². The van der Waals surface area contributed by atoms with Crippen LogP contribution < -0.4 is 5.32 Å². The van der Waals surface area contributed by atoms with Gasteiger partial charge >= 0.3 is 0 Å². The summed E-state index contributed by atoms with van der Waals surface area (Å²) >= 11 is 0. The number of nitrogens with zero attached hydrogens (tertiary/aromatic N) is 1. The Morgan fingerprint density at radius 3 is 2.65 bits per heavy atom. The van der Waals surface area contributed by atoms with E-state index in [0.717, 1.165) is 37.7 Å². The number of sulfonamides is 1. The summed E-state index contributed by atoms with van der Waals surface area (Å²) in [6, 6.07) is 6.60. The first-order chi connectivity index (χ1) is 12.4. The highest BCUT2D eigenvalue weighted by atomic mass is 32.2. The van der Waals surface area contributed by atoms with Gasteiger partial charge in [0.1, 0.15) is 0 Å². The summed E-state index contributed by atoms with van der Waals surface area (Å²) in [4.78, 5) is 12.8.